The monoisotopic (exact) mass is 326 g/mol. The van der Waals surface area contributed by atoms with Gasteiger partial charge in [-0.2, -0.15) is 0 Å². The van der Waals surface area contributed by atoms with Crippen LogP contribution in [0.3, 0.4) is 0 Å². The van der Waals surface area contributed by atoms with Crippen LogP contribution in [0.2, 0.25) is 5.02 Å². The van der Waals surface area contributed by atoms with E-state index in [1.807, 2.05) is 31.2 Å². The molecular formula is C12H12BrClN4. The first-order valence-electron chi connectivity index (χ1n) is 5.47. The van der Waals surface area contributed by atoms with Crippen LogP contribution in [0.5, 0.6) is 0 Å². The lowest BCUT2D eigenvalue weighted by molar-refractivity contribution is 1.11. The lowest BCUT2D eigenvalue weighted by Gasteiger charge is -2.09. The smallest absolute Gasteiger partial charge is 0.135 e. The number of aromatic nitrogens is 2. The molecule has 0 spiro atoms. The molecule has 0 aliphatic rings. The number of benzene rings is 1. The van der Waals surface area contributed by atoms with Crippen molar-refractivity contribution in [2.45, 2.75) is 6.92 Å². The molecule has 0 unspecified atom stereocenters. The Balaban J connectivity index is 2.22. The minimum atomic E-state index is 0.668. The summed E-state index contributed by atoms with van der Waals surface area (Å²) >= 11 is 9.42. The fourth-order valence-electron chi connectivity index (χ4n) is 1.43. The third kappa shape index (κ3) is 3.34. The van der Waals surface area contributed by atoms with Crippen molar-refractivity contribution in [3.05, 3.63) is 40.1 Å². The highest BCUT2D eigenvalue weighted by Crippen LogP contribution is 2.28. The van der Waals surface area contributed by atoms with Gasteiger partial charge in [0.05, 0.1) is 5.69 Å². The van der Waals surface area contributed by atoms with Crippen molar-refractivity contribution >= 4 is 44.9 Å². The number of hydrogen-bond acceptors (Lipinski definition) is 4. The number of anilines is 3. The van der Waals surface area contributed by atoms with Gasteiger partial charge in [0.25, 0.3) is 0 Å². The summed E-state index contributed by atoms with van der Waals surface area (Å²) in [6.45, 7) is 2.83. The Morgan fingerprint density at radius 3 is 2.78 bits per heavy atom. The van der Waals surface area contributed by atoms with Gasteiger partial charge < -0.3 is 10.6 Å². The molecule has 0 aliphatic heterocycles. The average Bonchev–Trinajstić information content (AvgIpc) is 2.35. The van der Waals surface area contributed by atoms with Crippen LogP contribution in [0.1, 0.15) is 6.92 Å². The second-order valence-electron chi connectivity index (χ2n) is 3.57. The van der Waals surface area contributed by atoms with Gasteiger partial charge in [-0.1, -0.05) is 11.6 Å². The predicted molar refractivity (Wildman–Crippen MR) is 78.6 cm³/mol. The van der Waals surface area contributed by atoms with Gasteiger partial charge >= 0.3 is 0 Å². The van der Waals surface area contributed by atoms with E-state index in [-0.39, 0.29) is 0 Å². The van der Waals surface area contributed by atoms with E-state index in [2.05, 4.69) is 36.5 Å². The Morgan fingerprint density at radius 2 is 2.00 bits per heavy atom. The van der Waals surface area contributed by atoms with Crippen LogP contribution in [0.4, 0.5) is 17.3 Å². The van der Waals surface area contributed by atoms with E-state index >= 15 is 0 Å². The second kappa shape index (κ2) is 6.02. The van der Waals surface area contributed by atoms with Gasteiger partial charge in [-0.15, -0.1) is 0 Å². The summed E-state index contributed by atoms with van der Waals surface area (Å²) in [5, 5.41) is 6.99. The van der Waals surface area contributed by atoms with Crippen LogP contribution in [0.25, 0.3) is 0 Å². The molecule has 94 valence electrons. The van der Waals surface area contributed by atoms with Gasteiger partial charge in [0.2, 0.25) is 0 Å². The van der Waals surface area contributed by atoms with Gasteiger partial charge in [-0.25, -0.2) is 9.97 Å². The molecule has 1 heterocycles. The lowest BCUT2D eigenvalue weighted by atomic mass is 10.3. The Bertz CT molecular complexity index is 547. The first-order valence-corrected chi connectivity index (χ1v) is 6.64. The van der Waals surface area contributed by atoms with Crippen molar-refractivity contribution in [1.82, 2.24) is 9.97 Å². The van der Waals surface area contributed by atoms with Gasteiger partial charge in [0.1, 0.15) is 18.0 Å². The van der Waals surface area contributed by atoms with E-state index in [1.165, 1.54) is 6.33 Å². The van der Waals surface area contributed by atoms with Crippen LogP contribution >= 0.6 is 27.5 Å². The highest BCUT2D eigenvalue weighted by molar-refractivity contribution is 9.10. The summed E-state index contributed by atoms with van der Waals surface area (Å²) < 4.78 is 0.926. The Hall–Kier alpha value is -1.33. The minimum absolute atomic E-state index is 0.668. The van der Waals surface area contributed by atoms with Crippen molar-refractivity contribution in [1.29, 1.82) is 0 Å². The van der Waals surface area contributed by atoms with Crippen molar-refractivity contribution in [2.24, 2.45) is 0 Å². The van der Waals surface area contributed by atoms with Gasteiger partial charge in [-0.05, 0) is 41.1 Å². The average molecular weight is 328 g/mol. The Kier molecular flexibility index (Phi) is 4.38. The topological polar surface area (TPSA) is 49.8 Å². The van der Waals surface area contributed by atoms with Crippen molar-refractivity contribution in [3.63, 3.8) is 0 Å². The van der Waals surface area contributed by atoms with Crippen LogP contribution in [-0.4, -0.2) is 16.5 Å². The van der Waals surface area contributed by atoms with Gasteiger partial charge in [0, 0.05) is 22.1 Å². The molecule has 0 saturated heterocycles. The zero-order chi connectivity index (χ0) is 13.0. The molecule has 2 aromatic rings. The molecule has 1 aromatic carbocycles. The highest BCUT2D eigenvalue weighted by atomic mass is 79.9. The molecule has 0 saturated carbocycles. The normalized spacial score (nSPS) is 10.2. The van der Waals surface area contributed by atoms with E-state index < -0.39 is 0 Å². The number of hydrogen-bond donors (Lipinski definition) is 2. The zero-order valence-corrected chi connectivity index (χ0v) is 12.1. The molecule has 0 radical (unpaired) electrons. The number of nitrogens with one attached hydrogen (secondary N) is 2. The molecule has 2 rings (SSSR count). The van der Waals surface area contributed by atoms with Crippen LogP contribution < -0.4 is 10.6 Å². The third-order valence-corrected chi connectivity index (χ3v) is 3.14. The summed E-state index contributed by atoms with van der Waals surface area (Å²) in [6, 6.07) is 7.38. The SMILES string of the molecule is CCNc1cc(Nc2cc(Cl)ccc2Br)ncn1. The first-order chi connectivity index (χ1) is 8.69. The fraction of sp³-hybridized carbons (Fsp3) is 0.167. The Morgan fingerprint density at radius 1 is 1.22 bits per heavy atom. The first kappa shape index (κ1) is 13.1. The number of rotatable bonds is 4. The van der Waals surface area contributed by atoms with Gasteiger partial charge in [0.15, 0.2) is 0 Å². The van der Waals surface area contributed by atoms with E-state index in [0.717, 1.165) is 22.5 Å². The van der Waals surface area contributed by atoms with E-state index in [9.17, 15) is 0 Å². The van der Waals surface area contributed by atoms with Crippen LogP contribution in [0, 0.1) is 0 Å². The van der Waals surface area contributed by atoms with Crippen LogP contribution in [-0.2, 0) is 0 Å². The molecule has 1 aromatic heterocycles. The molecule has 2 N–H and O–H groups in total. The van der Waals surface area contributed by atoms with Gasteiger partial charge in [-0.3, -0.25) is 0 Å². The van der Waals surface area contributed by atoms with Crippen molar-refractivity contribution in [2.75, 3.05) is 17.2 Å². The summed E-state index contributed by atoms with van der Waals surface area (Å²) in [7, 11) is 0. The minimum Gasteiger partial charge on any atom is -0.370 e. The summed E-state index contributed by atoms with van der Waals surface area (Å²) in [6.07, 6.45) is 1.51. The van der Waals surface area contributed by atoms with E-state index in [1.54, 1.807) is 0 Å². The van der Waals surface area contributed by atoms with E-state index in [4.69, 9.17) is 11.6 Å². The van der Waals surface area contributed by atoms with Crippen molar-refractivity contribution in [3.8, 4) is 0 Å². The molecule has 0 amide bonds. The molecular weight excluding hydrogens is 316 g/mol. The van der Waals surface area contributed by atoms with Crippen molar-refractivity contribution < 1.29 is 0 Å². The second-order valence-corrected chi connectivity index (χ2v) is 4.86. The summed E-state index contributed by atoms with van der Waals surface area (Å²) in [4.78, 5) is 8.27. The molecule has 0 fully saturated rings. The molecule has 4 nitrogen and oxygen atoms in total. The standard InChI is InChI=1S/C12H12BrClN4/c1-2-15-11-6-12(17-7-16-11)18-10-5-8(14)3-4-9(10)13/h3-7H,2H2,1H3,(H2,15,16,17,18). The number of halogens is 2. The largest absolute Gasteiger partial charge is 0.370 e. The summed E-state index contributed by atoms with van der Waals surface area (Å²) in [5.41, 5.74) is 0.864. The lowest BCUT2D eigenvalue weighted by Crippen LogP contribution is -2.01. The Labute approximate surface area is 119 Å². The maximum atomic E-state index is 5.96. The molecule has 0 aliphatic carbocycles. The molecule has 0 bridgehead atoms. The third-order valence-electron chi connectivity index (χ3n) is 2.22. The maximum Gasteiger partial charge on any atom is 0.135 e. The summed E-state index contributed by atoms with van der Waals surface area (Å²) in [5.74, 6) is 1.50. The predicted octanol–water partition coefficient (Wildman–Crippen LogP) is 4.07. The zero-order valence-electron chi connectivity index (χ0n) is 9.74. The molecule has 18 heavy (non-hydrogen) atoms. The highest BCUT2D eigenvalue weighted by Gasteiger charge is 2.03. The maximum absolute atomic E-state index is 5.96. The van der Waals surface area contributed by atoms with E-state index in [0.29, 0.717) is 10.8 Å². The quantitative estimate of drug-likeness (QED) is 0.889. The van der Waals surface area contributed by atoms with Crippen LogP contribution in [0.15, 0.2) is 35.1 Å². The molecule has 6 heteroatoms. The number of nitrogens with zero attached hydrogens (tertiary/aromatic N) is 2. The molecule has 0 atom stereocenters. The fourth-order valence-corrected chi connectivity index (χ4v) is 1.95.